The quantitative estimate of drug-likeness (QED) is 0.273. The SMILES string of the molecule is CCC[C@@H](NC(=O)N1C(=O)C(CC)(CC)[C@@H]1Oc1ccccc1CNC(=O)Cc1ccncc1)c1ccc(C)cc1. The molecule has 0 radical (unpaired) electrons. The van der Waals surface area contributed by atoms with Crippen LogP contribution >= 0.6 is 0 Å². The lowest BCUT2D eigenvalue weighted by molar-refractivity contribution is -0.191. The number of para-hydroxylation sites is 1. The highest BCUT2D eigenvalue weighted by Gasteiger charge is 2.63. The summed E-state index contributed by atoms with van der Waals surface area (Å²) in [6.07, 6.45) is 5.50. The van der Waals surface area contributed by atoms with Crippen molar-refractivity contribution >= 4 is 17.8 Å². The van der Waals surface area contributed by atoms with Crippen molar-refractivity contribution in [1.29, 1.82) is 0 Å². The lowest BCUT2D eigenvalue weighted by Gasteiger charge is -2.53. The van der Waals surface area contributed by atoms with Gasteiger partial charge >= 0.3 is 6.03 Å². The molecule has 1 aliphatic rings. The molecule has 4 rings (SSSR count). The molecule has 2 aromatic carbocycles. The summed E-state index contributed by atoms with van der Waals surface area (Å²) >= 11 is 0. The molecule has 1 saturated heterocycles. The number of pyridine rings is 1. The number of nitrogens with one attached hydrogen (secondary N) is 2. The molecule has 41 heavy (non-hydrogen) atoms. The number of nitrogens with zero attached hydrogens (tertiary/aromatic N) is 2. The largest absolute Gasteiger partial charge is 0.468 e. The van der Waals surface area contributed by atoms with E-state index in [0.29, 0.717) is 18.6 Å². The Morgan fingerprint density at radius 1 is 1.00 bits per heavy atom. The predicted molar refractivity (Wildman–Crippen MR) is 158 cm³/mol. The van der Waals surface area contributed by atoms with Crippen molar-refractivity contribution in [3.8, 4) is 5.75 Å². The summed E-state index contributed by atoms with van der Waals surface area (Å²) in [5.74, 6) is 0.176. The van der Waals surface area contributed by atoms with Crippen molar-refractivity contribution in [2.45, 2.75) is 78.6 Å². The van der Waals surface area contributed by atoms with Gasteiger partial charge in [0, 0.05) is 24.5 Å². The molecule has 2 N–H and O–H groups in total. The van der Waals surface area contributed by atoms with Gasteiger partial charge in [0.05, 0.1) is 12.5 Å². The Hall–Kier alpha value is -4.20. The van der Waals surface area contributed by atoms with Crippen LogP contribution in [-0.4, -0.2) is 34.0 Å². The summed E-state index contributed by atoms with van der Waals surface area (Å²) in [4.78, 5) is 44.9. The van der Waals surface area contributed by atoms with Crippen LogP contribution in [-0.2, 0) is 22.6 Å². The van der Waals surface area contributed by atoms with Gasteiger partial charge in [-0.25, -0.2) is 9.69 Å². The van der Waals surface area contributed by atoms with Gasteiger partial charge in [0.25, 0.3) is 0 Å². The summed E-state index contributed by atoms with van der Waals surface area (Å²) in [7, 11) is 0. The summed E-state index contributed by atoms with van der Waals surface area (Å²) < 4.78 is 6.48. The molecule has 216 valence electrons. The smallest absolute Gasteiger partial charge is 0.327 e. The topological polar surface area (TPSA) is 101 Å². The number of likely N-dealkylation sites (tertiary alicyclic amines) is 1. The Bertz CT molecular complexity index is 1340. The fourth-order valence-electron chi connectivity index (χ4n) is 5.35. The maximum atomic E-state index is 13.6. The number of amides is 4. The van der Waals surface area contributed by atoms with Crippen LogP contribution in [0.15, 0.2) is 73.1 Å². The van der Waals surface area contributed by atoms with Gasteiger partial charge < -0.3 is 15.4 Å². The lowest BCUT2D eigenvalue weighted by Crippen LogP contribution is -2.73. The Kier molecular flexibility index (Phi) is 9.76. The fourth-order valence-corrected chi connectivity index (χ4v) is 5.35. The van der Waals surface area contributed by atoms with Crippen LogP contribution in [0.1, 0.15) is 74.8 Å². The number of hydrogen-bond donors (Lipinski definition) is 2. The summed E-state index contributed by atoms with van der Waals surface area (Å²) in [5.41, 5.74) is 2.98. The van der Waals surface area contributed by atoms with E-state index in [4.69, 9.17) is 4.74 Å². The van der Waals surface area contributed by atoms with Crippen LogP contribution < -0.4 is 15.4 Å². The second kappa shape index (κ2) is 13.4. The van der Waals surface area contributed by atoms with E-state index in [1.54, 1.807) is 12.4 Å². The number of hydrogen-bond acceptors (Lipinski definition) is 5. The third kappa shape index (κ3) is 6.59. The van der Waals surface area contributed by atoms with E-state index < -0.39 is 17.7 Å². The highest BCUT2D eigenvalue weighted by Crippen LogP contribution is 2.46. The van der Waals surface area contributed by atoms with Crippen LogP contribution in [0.3, 0.4) is 0 Å². The maximum absolute atomic E-state index is 13.6. The van der Waals surface area contributed by atoms with E-state index >= 15 is 0 Å². The average Bonchev–Trinajstić information content (AvgIpc) is 2.98. The number of benzene rings is 2. The average molecular weight is 557 g/mol. The summed E-state index contributed by atoms with van der Waals surface area (Å²) in [6.45, 7) is 8.25. The van der Waals surface area contributed by atoms with E-state index in [1.165, 1.54) is 4.90 Å². The van der Waals surface area contributed by atoms with Gasteiger partial charge in [-0.1, -0.05) is 75.2 Å². The van der Waals surface area contributed by atoms with Crippen molar-refractivity contribution in [2.75, 3.05) is 0 Å². The molecule has 0 saturated carbocycles. The monoisotopic (exact) mass is 556 g/mol. The van der Waals surface area contributed by atoms with Gasteiger partial charge in [-0.05, 0) is 55.5 Å². The molecule has 3 aromatic rings. The third-order valence-electron chi connectivity index (χ3n) is 7.99. The molecule has 0 unspecified atom stereocenters. The number of ether oxygens (including phenoxy) is 1. The first kappa shape index (κ1) is 29.8. The summed E-state index contributed by atoms with van der Waals surface area (Å²) in [6, 6.07) is 18.4. The number of aryl methyl sites for hydroxylation is 1. The summed E-state index contributed by atoms with van der Waals surface area (Å²) in [5, 5.41) is 6.04. The zero-order valence-corrected chi connectivity index (χ0v) is 24.4. The number of carbonyl (C=O) groups excluding carboxylic acids is 3. The van der Waals surface area contributed by atoms with Crippen molar-refractivity contribution in [1.82, 2.24) is 20.5 Å². The van der Waals surface area contributed by atoms with Gasteiger partial charge in [0.2, 0.25) is 11.8 Å². The molecular weight excluding hydrogens is 516 g/mol. The molecule has 8 nitrogen and oxygen atoms in total. The first-order valence-corrected chi connectivity index (χ1v) is 14.4. The van der Waals surface area contributed by atoms with Gasteiger partial charge in [-0.15, -0.1) is 0 Å². The molecule has 0 aliphatic carbocycles. The van der Waals surface area contributed by atoms with Crippen LogP contribution in [0.4, 0.5) is 4.79 Å². The highest BCUT2D eigenvalue weighted by molar-refractivity contribution is 6.03. The zero-order chi connectivity index (χ0) is 29.4. The van der Waals surface area contributed by atoms with Crippen LogP contribution in [0.5, 0.6) is 5.75 Å². The van der Waals surface area contributed by atoms with Crippen LogP contribution in [0.25, 0.3) is 0 Å². The lowest BCUT2D eigenvalue weighted by atomic mass is 9.72. The second-order valence-electron chi connectivity index (χ2n) is 10.6. The maximum Gasteiger partial charge on any atom is 0.327 e. The third-order valence-corrected chi connectivity index (χ3v) is 7.99. The molecule has 4 amide bonds. The van der Waals surface area contributed by atoms with Crippen molar-refractivity contribution in [3.05, 3.63) is 95.3 Å². The minimum atomic E-state index is -0.806. The number of β-lactam (4-membered cyclic amide) rings is 1. The van der Waals surface area contributed by atoms with Crippen LogP contribution in [0.2, 0.25) is 0 Å². The minimum Gasteiger partial charge on any atom is -0.468 e. The number of carbonyl (C=O) groups is 3. The highest BCUT2D eigenvalue weighted by atomic mass is 16.5. The second-order valence-corrected chi connectivity index (χ2v) is 10.6. The zero-order valence-electron chi connectivity index (χ0n) is 24.4. The molecule has 0 bridgehead atoms. The van der Waals surface area contributed by atoms with Crippen molar-refractivity contribution in [3.63, 3.8) is 0 Å². The van der Waals surface area contributed by atoms with E-state index in [2.05, 4.69) is 22.5 Å². The van der Waals surface area contributed by atoms with Crippen molar-refractivity contribution in [2.24, 2.45) is 5.41 Å². The van der Waals surface area contributed by atoms with E-state index in [0.717, 1.165) is 35.1 Å². The molecule has 2 atom stereocenters. The van der Waals surface area contributed by atoms with Gasteiger partial charge in [0.15, 0.2) is 6.23 Å². The molecule has 1 aromatic heterocycles. The Labute approximate surface area is 242 Å². The van der Waals surface area contributed by atoms with Crippen LogP contribution in [0, 0.1) is 12.3 Å². The molecule has 1 aliphatic heterocycles. The normalized spacial score (nSPS) is 16.4. The predicted octanol–water partition coefficient (Wildman–Crippen LogP) is 5.85. The van der Waals surface area contributed by atoms with Gasteiger partial charge in [-0.3, -0.25) is 14.6 Å². The molecule has 0 spiro atoms. The first-order chi connectivity index (χ1) is 19.8. The van der Waals surface area contributed by atoms with E-state index in [1.807, 2.05) is 81.4 Å². The van der Waals surface area contributed by atoms with E-state index in [-0.39, 0.29) is 30.8 Å². The first-order valence-electron chi connectivity index (χ1n) is 14.4. The Morgan fingerprint density at radius 3 is 2.34 bits per heavy atom. The minimum absolute atomic E-state index is 0.125. The Balaban J connectivity index is 1.51. The molecule has 8 heteroatoms. The van der Waals surface area contributed by atoms with E-state index in [9.17, 15) is 14.4 Å². The molecule has 1 fully saturated rings. The van der Waals surface area contributed by atoms with Gasteiger partial charge in [-0.2, -0.15) is 0 Å². The van der Waals surface area contributed by atoms with Gasteiger partial charge in [0.1, 0.15) is 11.2 Å². The number of aromatic nitrogens is 1. The number of imide groups is 1. The molecule has 2 heterocycles. The van der Waals surface area contributed by atoms with Crippen molar-refractivity contribution < 1.29 is 19.1 Å². The number of urea groups is 1. The molecular formula is C33H40N4O4. The standard InChI is InChI=1S/C33H40N4O4/c1-5-10-27(25-15-13-23(4)14-16-25)36-32(40)37-30(39)33(6-2,7-3)31(37)41-28-12-9-8-11-26(28)22-35-29(38)21-24-17-19-34-20-18-24/h8-9,11-20,27,31H,5-7,10,21-22H2,1-4H3,(H,35,38)(H,36,40)/t27-,31+/m1/s1. The fraction of sp³-hybridized carbons (Fsp3) is 0.394. The Morgan fingerprint density at radius 2 is 1.68 bits per heavy atom. The number of rotatable bonds is 12.